The molecule has 0 amide bonds. The zero-order valence-corrected chi connectivity index (χ0v) is 9.96. The van der Waals surface area contributed by atoms with E-state index in [4.69, 9.17) is 9.15 Å². The minimum atomic E-state index is 0.291. The number of ether oxygens (including phenoxy) is 1. The van der Waals surface area contributed by atoms with Crippen LogP contribution in [0.15, 0.2) is 46.9 Å². The summed E-state index contributed by atoms with van der Waals surface area (Å²) in [4.78, 5) is 0. The Labute approximate surface area is 104 Å². The van der Waals surface area contributed by atoms with E-state index in [2.05, 4.69) is 22.3 Å². The zero-order valence-electron chi connectivity index (χ0n) is 9.96. The summed E-state index contributed by atoms with van der Waals surface area (Å²) in [5.74, 6) is 1.83. The third-order valence-corrected chi connectivity index (χ3v) is 2.65. The Hall–Kier alpha value is -2.36. The monoisotopic (exact) mass is 240 g/mol. The molecule has 3 aromatic rings. The average molecular weight is 240 g/mol. The van der Waals surface area contributed by atoms with Crippen LogP contribution in [0.3, 0.4) is 0 Å². The van der Waals surface area contributed by atoms with Gasteiger partial charge in [-0.2, -0.15) is 0 Å². The molecule has 0 N–H and O–H groups in total. The van der Waals surface area contributed by atoms with Crippen molar-refractivity contribution in [3.05, 3.63) is 54.2 Å². The fraction of sp³-hybridized carbons (Fsp3) is 0.143. The molecule has 0 spiro atoms. The molecule has 0 fully saturated rings. The van der Waals surface area contributed by atoms with Crippen molar-refractivity contribution < 1.29 is 9.15 Å². The van der Waals surface area contributed by atoms with Crippen LogP contribution in [-0.2, 0) is 6.61 Å². The van der Waals surface area contributed by atoms with Gasteiger partial charge in [0.25, 0.3) is 5.89 Å². The van der Waals surface area contributed by atoms with Crippen molar-refractivity contribution in [2.24, 2.45) is 0 Å². The van der Waals surface area contributed by atoms with Crippen LogP contribution in [0.1, 0.15) is 11.8 Å². The average Bonchev–Trinajstić information content (AvgIpc) is 2.82. The number of nitrogens with zero attached hydrogens (tertiary/aromatic N) is 2. The summed E-state index contributed by atoms with van der Waals surface area (Å²) in [6.07, 6.45) is 0. The molecule has 4 nitrogen and oxygen atoms in total. The van der Waals surface area contributed by atoms with Crippen LogP contribution in [-0.4, -0.2) is 10.2 Å². The van der Waals surface area contributed by atoms with E-state index in [9.17, 15) is 0 Å². The summed E-state index contributed by atoms with van der Waals surface area (Å²) in [6, 6.07) is 14.1. The highest BCUT2D eigenvalue weighted by Gasteiger charge is 2.03. The minimum absolute atomic E-state index is 0.291. The van der Waals surface area contributed by atoms with Crippen molar-refractivity contribution in [1.82, 2.24) is 10.2 Å². The van der Waals surface area contributed by atoms with Crippen LogP contribution in [0.25, 0.3) is 10.8 Å². The van der Waals surface area contributed by atoms with E-state index in [-0.39, 0.29) is 0 Å². The number of benzene rings is 2. The smallest absolute Gasteiger partial charge is 0.253 e. The van der Waals surface area contributed by atoms with Crippen LogP contribution in [0.4, 0.5) is 0 Å². The lowest BCUT2D eigenvalue weighted by atomic mass is 10.1. The van der Waals surface area contributed by atoms with E-state index in [0.717, 1.165) is 11.1 Å². The molecule has 18 heavy (non-hydrogen) atoms. The standard InChI is InChI=1S/C14H12N2O2/c1-10-15-16-14(18-10)9-17-13-7-6-11-4-2-3-5-12(11)8-13/h2-8H,9H2,1H3. The molecule has 90 valence electrons. The van der Waals surface area contributed by atoms with Crippen LogP contribution >= 0.6 is 0 Å². The molecule has 3 rings (SSSR count). The maximum atomic E-state index is 5.62. The number of hydrogen-bond acceptors (Lipinski definition) is 4. The molecule has 1 aromatic heterocycles. The summed E-state index contributed by atoms with van der Waals surface area (Å²) in [5, 5.41) is 9.98. The first-order valence-electron chi connectivity index (χ1n) is 5.72. The van der Waals surface area contributed by atoms with Gasteiger partial charge in [0, 0.05) is 6.92 Å². The molecule has 2 aromatic carbocycles. The molecule has 0 aliphatic carbocycles. The summed E-state index contributed by atoms with van der Waals surface area (Å²) in [7, 11) is 0. The highest BCUT2D eigenvalue weighted by atomic mass is 16.5. The molecule has 0 aliphatic heterocycles. The second-order valence-corrected chi connectivity index (χ2v) is 4.01. The van der Waals surface area contributed by atoms with Crippen molar-refractivity contribution in [1.29, 1.82) is 0 Å². The molecule has 1 heterocycles. The molecular formula is C14H12N2O2. The van der Waals surface area contributed by atoms with Gasteiger partial charge in [-0.3, -0.25) is 0 Å². The predicted octanol–water partition coefficient (Wildman–Crippen LogP) is 3.11. The Morgan fingerprint density at radius 1 is 1.06 bits per heavy atom. The predicted molar refractivity (Wildman–Crippen MR) is 67.3 cm³/mol. The van der Waals surface area contributed by atoms with Gasteiger partial charge in [-0.25, -0.2) is 0 Å². The SMILES string of the molecule is Cc1nnc(COc2ccc3ccccc3c2)o1. The Morgan fingerprint density at radius 2 is 1.89 bits per heavy atom. The first-order valence-corrected chi connectivity index (χ1v) is 5.72. The van der Waals surface area contributed by atoms with Crippen LogP contribution in [0.5, 0.6) is 5.75 Å². The molecule has 4 heteroatoms. The summed E-state index contributed by atoms with van der Waals surface area (Å²) >= 11 is 0. The third kappa shape index (κ3) is 2.18. The van der Waals surface area contributed by atoms with Gasteiger partial charge in [0.1, 0.15) is 5.75 Å². The Balaban J connectivity index is 1.78. The molecule has 0 aliphatic rings. The van der Waals surface area contributed by atoms with Gasteiger partial charge in [0.05, 0.1) is 0 Å². The zero-order chi connectivity index (χ0) is 12.4. The lowest BCUT2D eigenvalue weighted by Crippen LogP contribution is -1.95. The largest absolute Gasteiger partial charge is 0.484 e. The molecule has 0 saturated heterocycles. The molecule has 0 saturated carbocycles. The summed E-state index contributed by atoms with van der Waals surface area (Å²) < 4.78 is 10.9. The van der Waals surface area contributed by atoms with Gasteiger partial charge in [-0.1, -0.05) is 30.3 Å². The van der Waals surface area contributed by atoms with E-state index in [0.29, 0.717) is 18.4 Å². The van der Waals surface area contributed by atoms with Gasteiger partial charge < -0.3 is 9.15 Å². The van der Waals surface area contributed by atoms with Crippen molar-refractivity contribution in [3.8, 4) is 5.75 Å². The maximum Gasteiger partial charge on any atom is 0.253 e. The van der Waals surface area contributed by atoms with E-state index in [1.165, 1.54) is 5.39 Å². The molecule has 0 radical (unpaired) electrons. The van der Waals surface area contributed by atoms with Gasteiger partial charge in [0.15, 0.2) is 6.61 Å². The third-order valence-electron chi connectivity index (χ3n) is 2.65. The summed E-state index contributed by atoms with van der Waals surface area (Å²) in [6.45, 7) is 2.05. The number of rotatable bonds is 3. The Morgan fingerprint density at radius 3 is 2.67 bits per heavy atom. The fourth-order valence-corrected chi connectivity index (χ4v) is 1.80. The van der Waals surface area contributed by atoms with Crippen molar-refractivity contribution in [3.63, 3.8) is 0 Å². The normalized spacial score (nSPS) is 10.7. The number of fused-ring (bicyclic) bond motifs is 1. The van der Waals surface area contributed by atoms with Crippen LogP contribution < -0.4 is 4.74 Å². The quantitative estimate of drug-likeness (QED) is 0.705. The molecule has 0 atom stereocenters. The lowest BCUT2D eigenvalue weighted by molar-refractivity contribution is 0.260. The van der Waals surface area contributed by atoms with E-state index in [1.807, 2.05) is 30.3 Å². The van der Waals surface area contributed by atoms with Crippen molar-refractivity contribution in [2.75, 3.05) is 0 Å². The minimum Gasteiger partial charge on any atom is -0.484 e. The number of aromatic nitrogens is 2. The van der Waals surface area contributed by atoms with Crippen LogP contribution in [0.2, 0.25) is 0 Å². The number of aryl methyl sites for hydroxylation is 1. The highest BCUT2D eigenvalue weighted by molar-refractivity contribution is 5.83. The first-order chi connectivity index (χ1) is 8.81. The van der Waals surface area contributed by atoms with E-state index < -0.39 is 0 Å². The van der Waals surface area contributed by atoms with Gasteiger partial charge in [-0.15, -0.1) is 10.2 Å². The highest BCUT2D eigenvalue weighted by Crippen LogP contribution is 2.21. The van der Waals surface area contributed by atoms with Gasteiger partial charge in [-0.05, 0) is 22.9 Å². The second-order valence-electron chi connectivity index (χ2n) is 4.01. The maximum absolute atomic E-state index is 5.62. The van der Waals surface area contributed by atoms with Crippen molar-refractivity contribution >= 4 is 10.8 Å². The second kappa shape index (κ2) is 4.49. The van der Waals surface area contributed by atoms with Crippen molar-refractivity contribution in [2.45, 2.75) is 13.5 Å². The number of hydrogen-bond donors (Lipinski definition) is 0. The van der Waals surface area contributed by atoms with Gasteiger partial charge in [0.2, 0.25) is 5.89 Å². The Kier molecular flexibility index (Phi) is 2.68. The van der Waals surface area contributed by atoms with Crippen LogP contribution in [0, 0.1) is 6.92 Å². The fourth-order valence-electron chi connectivity index (χ4n) is 1.80. The first kappa shape index (κ1) is 10.8. The summed E-state index contributed by atoms with van der Waals surface area (Å²) in [5.41, 5.74) is 0. The topological polar surface area (TPSA) is 48.2 Å². The Bertz CT molecular complexity index is 676. The van der Waals surface area contributed by atoms with E-state index >= 15 is 0 Å². The van der Waals surface area contributed by atoms with E-state index in [1.54, 1.807) is 6.92 Å². The molecule has 0 unspecified atom stereocenters. The molecular weight excluding hydrogens is 228 g/mol. The lowest BCUT2D eigenvalue weighted by Gasteiger charge is -2.04. The molecule has 0 bridgehead atoms. The van der Waals surface area contributed by atoms with Gasteiger partial charge >= 0.3 is 0 Å².